The molecule has 1 heterocycles. The molecule has 1 N–H and O–H groups in total. The fraction of sp³-hybridized carbons (Fsp3) is 0.700. The zero-order valence-electron chi connectivity index (χ0n) is 9.82. The number of rotatable bonds is 6. The van der Waals surface area contributed by atoms with Crippen LogP contribution in [0.3, 0.4) is 0 Å². The van der Waals surface area contributed by atoms with Gasteiger partial charge in [0.25, 0.3) is 0 Å². The van der Waals surface area contributed by atoms with E-state index in [1.807, 2.05) is 13.8 Å². The maximum atomic E-state index is 11.4. The van der Waals surface area contributed by atoms with Gasteiger partial charge in [0, 0.05) is 13.5 Å². The molecule has 0 saturated heterocycles. The van der Waals surface area contributed by atoms with Gasteiger partial charge in [-0.15, -0.1) is 0 Å². The maximum Gasteiger partial charge on any atom is 0.227 e. The van der Waals surface area contributed by atoms with E-state index in [4.69, 9.17) is 9.26 Å². The van der Waals surface area contributed by atoms with E-state index >= 15 is 0 Å². The molecule has 0 bridgehead atoms. The van der Waals surface area contributed by atoms with Crippen LogP contribution >= 0.6 is 0 Å². The number of nitrogens with one attached hydrogen (secondary N) is 1. The van der Waals surface area contributed by atoms with Crippen LogP contribution in [-0.4, -0.2) is 35.3 Å². The second-order valence-electron chi connectivity index (χ2n) is 3.68. The SMILES string of the molecule is Cc1nc(CC(=O)NCCOC(C)C)no1. The van der Waals surface area contributed by atoms with E-state index in [1.54, 1.807) is 6.92 Å². The molecule has 0 fully saturated rings. The first-order valence-electron chi connectivity index (χ1n) is 5.25. The van der Waals surface area contributed by atoms with Gasteiger partial charge in [0.05, 0.1) is 19.1 Å². The monoisotopic (exact) mass is 227 g/mol. The molecule has 0 spiro atoms. The van der Waals surface area contributed by atoms with E-state index < -0.39 is 0 Å². The van der Waals surface area contributed by atoms with E-state index in [2.05, 4.69) is 15.5 Å². The summed E-state index contributed by atoms with van der Waals surface area (Å²) in [5, 5.41) is 6.34. The molecule has 6 heteroatoms. The van der Waals surface area contributed by atoms with Crippen molar-refractivity contribution in [3.8, 4) is 0 Å². The average molecular weight is 227 g/mol. The molecule has 0 aromatic carbocycles. The lowest BCUT2D eigenvalue weighted by atomic mass is 10.4. The fourth-order valence-corrected chi connectivity index (χ4v) is 1.10. The van der Waals surface area contributed by atoms with Gasteiger partial charge in [0.15, 0.2) is 5.82 Å². The molecule has 0 radical (unpaired) electrons. The highest BCUT2D eigenvalue weighted by atomic mass is 16.5. The van der Waals surface area contributed by atoms with E-state index in [0.29, 0.717) is 24.9 Å². The highest BCUT2D eigenvalue weighted by Gasteiger charge is 2.08. The largest absolute Gasteiger partial charge is 0.377 e. The minimum absolute atomic E-state index is 0.131. The van der Waals surface area contributed by atoms with Crippen molar-refractivity contribution in [1.29, 1.82) is 0 Å². The summed E-state index contributed by atoms with van der Waals surface area (Å²) >= 11 is 0. The molecular weight excluding hydrogens is 210 g/mol. The number of hydrogen-bond acceptors (Lipinski definition) is 5. The summed E-state index contributed by atoms with van der Waals surface area (Å²) in [6.45, 7) is 6.58. The van der Waals surface area contributed by atoms with Crippen molar-refractivity contribution >= 4 is 5.91 Å². The Morgan fingerprint density at radius 3 is 2.88 bits per heavy atom. The van der Waals surface area contributed by atoms with Gasteiger partial charge in [-0.05, 0) is 13.8 Å². The van der Waals surface area contributed by atoms with Crippen molar-refractivity contribution in [2.75, 3.05) is 13.2 Å². The molecule has 0 atom stereocenters. The van der Waals surface area contributed by atoms with E-state index in [9.17, 15) is 4.79 Å². The number of ether oxygens (including phenoxy) is 1. The van der Waals surface area contributed by atoms with Crippen LogP contribution in [0.15, 0.2) is 4.52 Å². The van der Waals surface area contributed by atoms with Crippen LogP contribution < -0.4 is 5.32 Å². The lowest BCUT2D eigenvalue weighted by molar-refractivity contribution is -0.120. The Balaban J connectivity index is 2.16. The maximum absolute atomic E-state index is 11.4. The molecule has 90 valence electrons. The highest BCUT2D eigenvalue weighted by molar-refractivity contribution is 5.77. The van der Waals surface area contributed by atoms with Crippen molar-refractivity contribution in [3.63, 3.8) is 0 Å². The van der Waals surface area contributed by atoms with Crippen LogP contribution in [0, 0.1) is 6.92 Å². The van der Waals surface area contributed by atoms with Gasteiger partial charge >= 0.3 is 0 Å². The molecule has 1 amide bonds. The quantitative estimate of drug-likeness (QED) is 0.714. The smallest absolute Gasteiger partial charge is 0.227 e. The van der Waals surface area contributed by atoms with Gasteiger partial charge in [-0.1, -0.05) is 5.16 Å². The molecule has 1 rings (SSSR count). The predicted molar refractivity (Wildman–Crippen MR) is 56.8 cm³/mol. The van der Waals surface area contributed by atoms with Gasteiger partial charge in [-0.3, -0.25) is 4.79 Å². The number of aromatic nitrogens is 2. The minimum atomic E-state index is -0.131. The fourth-order valence-electron chi connectivity index (χ4n) is 1.10. The van der Waals surface area contributed by atoms with Crippen molar-refractivity contribution < 1.29 is 14.1 Å². The Hall–Kier alpha value is -1.43. The molecule has 0 unspecified atom stereocenters. The molecular formula is C10H17N3O3. The summed E-state index contributed by atoms with van der Waals surface area (Å²) in [6.07, 6.45) is 0.315. The molecule has 1 aromatic rings. The lowest BCUT2D eigenvalue weighted by Gasteiger charge is -2.07. The van der Waals surface area contributed by atoms with Gasteiger partial charge in [-0.25, -0.2) is 0 Å². The Morgan fingerprint density at radius 2 is 2.31 bits per heavy atom. The Bertz CT molecular complexity index is 336. The number of aryl methyl sites for hydroxylation is 1. The first kappa shape index (κ1) is 12.6. The normalized spacial score (nSPS) is 10.8. The summed E-state index contributed by atoms with van der Waals surface area (Å²) < 4.78 is 10.0. The lowest BCUT2D eigenvalue weighted by Crippen LogP contribution is -2.29. The van der Waals surface area contributed by atoms with E-state index in [1.165, 1.54) is 0 Å². The van der Waals surface area contributed by atoms with E-state index in [0.717, 1.165) is 0 Å². The topological polar surface area (TPSA) is 77.2 Å². The first-order chi connectivity index (χ1) is 7.58. The third-order valence-electron chi connectivity index (χ3n) is 1.76. The van der Waals surface area contributed by atoms with Crippen LogP contribution in [0.4, 0.5) is 0 Å². The predicted octanol–water partition coefficient (Wildman–Crippen LogP) is 0.462. The number of hydrogen-bond donors (Lipinski definition) is 1. The third kappa shape index (κ3) is 4.88. The van der Waals surface area contributed by atoms with Gasteiger partial charge in [-0.2, -0.15) is 4.98 Å². The Labute approximate surface area is 94.4 Å². The summed E-state index contributed by atoms with van der Waals surface area (Å²) in [5.41, 5.74) is 0. The van der Waals surface area contributed by atoms with Gasteiger partial charge in [0.1, 0.15) is 0 Å². The molecule has 0 aliphatic carbocycles. The van der Waals surface area contributed by atoms with E-state index in [-0.39, 0.29) is 18.4 Å². The Morgan fingerprint density at radius 1 is 1.56 bits per heavy atom. The minimum Gasteiger partial charge on any atom is -0.377 e. The zero-order valence-corrected chi connectivity index (χ0v) is 9.82. The summed E-state index contributed by atoms with van der Waals surface area (Å²) in [7, 11) is 0. The second kappa shape index (κ2) is 6.22. The van der Waals surface area contributed by atoms with Crippen molar-refractivity contribution in [2.45, 2.75) is 33.3 Å². The zero-order chi connectivity index (χ0) is 12.0. The number of amides is 1. The molecule has 0 aliphatic heterocycles. The van der Waals surface area contributed by atoms with Crippen molar-refractivity contribution in [2.24, 2.45) is 0 Å². The number of nitrogens with zero attached hydrogens (tertiary/aromatic N) is 2. The highest BCUT2D eigenvalue weighted by Crippen LogP contribution is 1.95. The standard InChI is InChI=1S/C10H17N3O3/c1-7(2)15-5-4-11-10(14)6-9-12-8(3)16-13-9/h7H,4-6H2,1-3H3,(H,11,14). The molecule has 6 nitrogen and oxygen atoms in total. The molecule has 1 aromatic heterocycles. The molecule has 16 heavy (non-hydrogen) atoms. The number of carbonyl (C=O) groups excluding carboxylic acids is 1. The number of carbonyl (C=O) groups is 1. The summed E-state index contributed by atoms with van der Waals surface area (Å²) in [6, 6.07) is 0. The Kier molecular flexibility index (Phi) is 4.91. The molecule has 0 aliphatic rings. The van der Waals surface area contributed by atoms with Crippen LogP contribution in [0.1, 0.15) is 25.6 Å². The second-order valence-corrected chi connectivity index (χ2v) is 3.68. The van der Waals surface area contributed by atoms with Crippen LogP contribution in [0.25, 0.3) is 0 Å². The van der Waals surface area contributed by atoms with Crippen molar-refractivity contribution in [3.05, 3.63) is 11.7 Å². The first-order valence-corrected chi connectivity index (χ1v) is 5.25. The molecule has 0 saturated carbocycles. The van der Waals surface area contributed by atoms with Crippen LogP contribution in [0.5, 0.6) is 0 Å². The summed E-state index contributed by atoms with van der Waals surface area (Å²) in [5.74, 6) is 0.735. The van der Waals surface area contributed by atoms with Gasteiger partial charge < -0.3 is 14.6 Å². The average Bonchev–Trinajstić information content (AvgIpc) is 2.58. The van der Waals surface area contributed by atoms with Gasteiger partial charge in [0.2, 0.25) is 11.8 Å². The third-order valence-corrected chi connectivity index (χ3v) is 1.76. The van der Waals surface area contributed by atoms with Crippen LogP contribution in [0.2, 0.25) is 0 Å². The van der Waals surface area contributed by atoms with Crippen molar-refractivity contribution in [1.82, 2.24) is 15.5 Å². The summed E-state index contributed by atoms with van der Waals surface area (Å²) in [4.78, 5) is 15.3. The van der Waals surface area contributed by atoms with Crippen LogP contribution in [-0.2, 0) is 16.0 Å².